The lowest BCUT2D eigenvalue weighted by Gasteiger charge is -2.18. The predicted molar refractivity (Wildman–Crippen MR) is 334 cm³/mol. The first-order chi connectivity index (χ1) is 38.0. The Morgan fingerprint density at radius 3 is 0.805 bits per heavy atom. The zero-order chi connectivity index (χ0) is 55.7. The molecule has 0 bridgehead atoms. The van der Waals surface area contributed by atoms with Crippen molar-refractivity contribution < 1.29 is 28.6 Å². The van der Waals surface area contributed by atoms with Crippen LogP contribution in [0.2, 0.25) is 0 Å². The van der Waals surface area contributed by atoms with Crippen LogP contribution >= 0.6 is 0 Å². The molecule has 0 N–H and O–H groups in total. The van der Waals surface area contributed by atoms with Crippen LogP contribution in [0, 0.1) is 0 Å². The first-order valence-corrected chi connectivity index (χ1v) is 31.7. The third-order valence-corrected chi connectivity index (χ3v) is 13.1. The minimum atomic E-state index is -0.796. The quantitative estimate of drug-likeness (QED) is 0.0261. The number of allylic oxidation sites excluding steroid dienone is 22. The molecular weight excluding hydrogens is 949 g/mol. The summed E-state index contributed by atoms with van der Waals surface area (Å²) in [5.74, 6) is -0.926. The smallest absolute Gasteiger partial charge is 0.306 e. The molecule has 0 saturated heterocycles. The van der Waals surface area contributed by atoms with Crippen LogP contribution in [-0.4, -0.2) is 37.2 Å². The van der Waals surface area contributed by atoms with Crippen molar-refractivity contribution in [2.24, 2.45) is 0 Å². The van der Waals surface area contributed by atoms with Crippen LogP contribution in [0.25, 0.3) is 0 Å². The molecule has 0 rings (SSSR count). The molecule has 6 heteroatoms. The van der Waals surface area contributed by atoms with Gasteiger partial charge in [-0.25, -0.2) is 0 Å². The van der Waals surface area contributed by atoms with E-state index in [2.05, 4.69) is 154 Å². The molecule has 0 aliphatic heterocycles. The first-order valence-electron chi connectivity index (χ1n) is 31.7. The van der Waals surface area contributed by atoms with Crippen LogP contribution in [0.5, 0.6) is 0 Å². The Morgan fingerprint density at radius 2 is 0.506 bits per heavy atom. The van der Waals surface area contributed by atoms with E-state index in [1.165, 1.54) is 77.0 Å². The van der Waals surface area contributed by atoms with Gasteiger partial charge in [0.15, 0.2) is 6.10 Å². The highest BCUT2D eigenvalue weighted by Gasteiger charge is 2.19. The number of hydrogen-bond acceptors (Lipinski definition) is 6. The Balaban J connectivity index is 4.29. The van der Waals surface area contributed by atoms with Crippen LogP contribution in [0.4, 0.5) is 0 Å². The summed E-state index contributed by atoms with van der Waals surface area (Å²) in [6.45, 7) is 6.47. The van der Waals surface area contributed by atoms with E-state index in [4.69, 9.17) is 14.2 Å². The number of carbonyl (C=O) groups excluding carboxylic acids is 3. The van der Waals surface area contributed by atoms with Crippen LogP contribution in [-0.2, 0) is 28.6 Å². The lowest BCUT2D eigenvalue weighted by Crippen LogP contribution is -2.30. The van der Waals surface area contributed by atoms with E-state index in [0.29, 0.717) is 19.3 Å². The second-order valence-electron chi connectivity index (χ2n) is 20.6. The van der Waals surface area contributed by atoms with E-state index in [0.717, 1.165) is 161 Å². The Labute approximate surface area is 475 Å². The van der Waals surface area contributed by atoms with Crippen LogP contribution in [0.15, 0.2) is 134 Å². The van der Waals surface area contributed by atoms with Crippen molar-refractivity contribution in [3.63, 3.8) is 0 Å². The summed E-state index contributed by atoms with van der Waals surface area (Å²) in [6.07, 6.45) is 90.3. The molecule has 0 amide bonds. The number of rotatable bonds is 56. The molecule has 77 heavy (non-hydrogen) atoms. The molecule has 436 valence electrons. The minimum absolute atomic E-state index is 0.0910. The van der Waals surface area contributed by atoms with E-state index in [1.807, 2.05) is 0 Å². The Bertz CT molecular complexity index is 1650. The number of unbranched alkanes of at least 4 members (excludes halogenated alkanes) is 23. The van der Waals surface area contributed by atoms with Crippen molar-refractivity contribution in [3.05, 3.63) is 134 Å². The average molecular weight is 1070 g/mol. The Hall–Kier alpha value is -4.45. The van der Waals surface area contributed by atoms with E-state index < -0.39 is 6.10 Å². The average Bonchev–Trinajstić information content (AvgIpc) is 3.43. The maximum absolute atomic E-state index is 12.9. The van der Waals surface area contributed by atoms with Gasteiger partial charge in [0.1, 0.15) is 13.2 Å². The third kappa shape index (κ3) is 62.3. The molecule has 0 aromatic heterocycles. The number of hydrogen-bond donors (Lipinski definition) is 0. The molecule has 0 radical (unpaired) electrons. The molecule has 0 saturated carbocycles. The van der Waals surface area contributed by atoms with Gasteiger partial charge in [0.05, 0.1) is 0 Å². The summed E-state index contributed by atoms with van der Waals surface area (Å²) >= 11 is 0. The Kier molecular flexibility index (Phi) is 60.4. The largest absolute Gasteiger partial charge is 0.462 e. The molecule has 0 spiro atoms. The molecule has 6 nitrogen and oxygen atoms in total. The molecule has 1 unspecified atom stereocenters. The normalized spacial score (nSPS) is 13.0. The Morgan fingerprint density at radius 1 is 0.273 bits per heavy atom. The monoisotopic (exact) mass is 1060 g/mol. The van der Waals surface area contributed by atoms with Crippen LogP contribution in [0.1, 0.15) is 278 Å². The summed E-state index contributed by atoms with van der Waals surface area (Å²) in [6, 6.07) is 0. The fourth-order valence-electron chi connectivity index (χ4n) is 8.41. The van der Waals surface area contributed by atoms with Crippen molar-refractivity contribution in [3.8, 4) is 0 Å². The zero-order valence-electron chi connectivity index (χ0n) is 49.9. The van der Waals surface area contributed by atoms with Crippen molar-refractivity contribution in [1.29, 1.82) is 0 Å². The molecular formula is C71H116O6. The summed E-state index contributed by atoms with van der Waals surface area (Å²) in [4.78, 5) is 38.2. The third-order valence-electron chi connectivity index (χ3n) is 13.1. The minimum Gasteiger partial charge on any atom is -0.462 e. The molecule has 1 atom stereocenters. The molecule has 0 aromatic rings. The SMILES string of the molecule is CC/C=C\C/C=C\C/C=C\C/C=C\C/C=C\C/C=C\C/C=C\C/C=C\C/C=C\CCCCCCCC(=O)OCC(COC(=O)CCCCCCCCCCCC)OC(=O)CCCCCCC/C=C\C/C=C\CCCCCC. The van der Waals surface area contributed by atoms with Gasteiger partial charge < -0.3 is 14.2 Å². The van der Waals surface area contributed by atoms with E-state index in [1.54, 1.807) is 0 Å². The predicted octanol–water partition coefficient (Wildman–Crippen LogP) is 21.8. The van der Waals surface area contributed by atoms with Gasteiger partial charge in [-0.05, 0) is 122 Å². The van der Waals surface area contributed by atoms with Crippen molar-refractivity contribution >= 4 is 17.9 Å². The summed E-state index contributed by atoms with van der Waals surface area (Å²) < 4.78 is 16.8. The highest BCUT2D eigenvalue weighted by molar-refractivity contribution is 5.71. The highest BCUT2D eigenvalue weighted by atomic mass is 16.6. The van der Waals surface area contributed by atoms with Crippen molar-refractivity contribution in [1.82, 2.24) is 0 Å². The molecule has 0 aliphatic carbocycles. The van der Waals surface area contributed by atoms with Crippen molar-refractivity contribution in [2.75, 3.05) is 13.2 Å². The van der Waals surface area contributed by atoms with Gasteiger partial charge in [0.2, 0.25) is 0 Å². The summed E-state index contributed by atoms with van der Waals surface area (Å²) in [5.41, 5.74) is 0. The lowest BCUT2D eigenvalue weighted by molar-refractivity contribution is -0.167. The number of carbonyl (C=O) groups is 3. The summed E-state index contributed by atoms with van der Waals surface area (Å²) in [7, 11) is 0. The fourth-order valence-corrected chi connectivity index (χ4v) is 8.41. The van der Waals surface area contributed by atoms with Crippen LogP contribution in [0.3, 0.4) is 0 Å². The standard InChI is InChI=1S/C71H116O6/c1-4-7-10-13-16-19-22-24-26-28-29-30-31-32-33-34-35-36-37-38-39-40-41-42-43-44-46-47-49-52-55-58-61-64-70(73)76-67-68(66-75-69(72)63-60-57-54-51-21-18-15-12-9-6-3)77-71(74)65-62-59-56-53-50-48-45-27-25-23-20-17-14-11-8-5-2/h7,10,16,19-20,23-24,26-27,29-30,32-33,35-36,38-39,41-42,44-46,68H,4-6,8-9,11-15,17-18,21-22,25,28,31,34,37,40,43,47-67H2,1-3H3/b10-7-,19-16-,23-20-,26-24-,30-29-,33-32-,36-35-,39-38-,42-41-,45-27-,46-44-. The van der Waals surface area contributed by atoms with Crippen molar-refractivity contribution in [2.45, 2.75) is 284 Å². The topological polar surface area (TPSA) is 78.9 Å². The second kappa shape index (κ2) is 64.1. The second-order valence-corrected chi connectivity index (χ2v) is 20.6. The molecule has 0 fully saturated rings. The van der Waals surface area contributed by atoms with Gasteiger partial charge in [0.25, 0.3) is 0 Å². The molecule has 0 aromatic carbocycles. The van der Waals surface area contributed by atoms with Crippen LogP contribution < -0.4 is 0 Å². The fraction of sp³-hybridized carbons (Fsp3) is 0.648. The van der Waals surface area contributed by atoms with Gasteiger partial charge in [-0.3, -0.25) is 14.4 Å². The van der Waals surface area contributed by atoms with Gasteiger partial charge in [-0.15, -0.1) is 0 Å². The summed E-state index contributed by atoms with van der Waals surface area (Å²) in [5, 5.41) is 0. The number of esters is 3. The maximum atomic E-state index is 12.9. The lowest BCUT2D eigenvalue weighted by atomic mass is 10.1. The van der Waals surface area contributed by atoms with Gasteiger partial charge in [-0.1, -0.05) is 270 Å². The first kappa shape index (κ1) is 72.5. The zero-order valence-corrected chi connectivity index (χ0v) is 49.9. The maximum Gasteiger partial charge on any atom is 0.306 e. The van der Waals surface area contributed by atoms with E-state index >= 15 is 0 Å². The molecule has 0 heterocycles. The molecule has 0 aliphatic rings. The van der Waals surface area contributed by atoms with E-state index in [9.17, 15) is 14.4 Å². The van der Waals surface area contributed by atoms with Gasteiger partial charge >= 0.3 is 17.9 Å². The van der Waals surface area contributed by atoms with Gasteiger partial charge in [-0.2, -0.15) is 0 Å². The highest BCUT2D eigenvalue weighted by Crippen LogP contribution is 2.14. The van der Waals surface area contributed by atoms with Gasteiger partial charge in [0, 0.05) is 19.3 Å². The number of ether oxygens (including phenoxy) is 3. The van der Waals surface area contributed by atoms with E-state index in [-0.39, 0.29) is 31.1 Å².